The molecule has 0 aliphatic heterocycles. The molecule has 2 N–H and O–H groups in total. The summed E-state index contributed by atoms with van der Waals surface area (Å²) in [4.78, 5) is 27.7. The van der Waals surface area contributed by atoms with Gasteiger partial charge in [-0.05, 0) is 49.6 Å². The lowest BCUT2D eigenvalue weighted by Crippen LogP contribution is -2.39. The van der Waals surface area contributed by atoms with Crippen LogP contribution in [0, 0.1) is 6.92 Å². The van der Waals surface area contributed by atoms with E-state index in [2.05, 4.69) is 0 Å². The van der Waals surface area contributed by atoms with Gasteiger partial charge in [0, 0.05) is 10.9 Å². The SMILES string of the molecule is CCC(C)N(C(=O)c1ccc(C)cc1O)c1cc(-c2ccccc2)sc1C(=O)O. The number of rotatable bonds is 6. The zero-order valence-corrected chi connectivity index (χ0v) is 17.4. The summed E-state index contributed by atoms with van der Waals surface area (Å²) in [7, 11) is 0. The van der Waals surface area contributed by atoms with Crippen LogP contribution in [0.1, 0.15) is 45.9 Å². The quantitative estimate of drug-likeness (QED) is 0.558. The van der Waals surface area contributed by atoms with E-state index in [1.807, 2.05) is 51.1 Å². The second-order valence-electron chi connectivity index (χ2n) is 6.95. The fourth-order valence-corrected chi connectivity index (χ4v) is 4.13. The molecule has 5 nitrogen and oxygen atoms in total. The molecule has 3 rings (SSSR count). The number of benzene rings is 2. The van der Waals surface area contributed by atoms with Crippen LogP contribution in [0.4, 0.5) is 5.69 Å². The maximum Gasteiger partial charge on any atom is 0.348 e. The van der Waals surface area contributed by atoms with Crippen molar-refractivity contribution >= 4 is 28.9 Å². The van der Waals surface area contributed by atoms with Crippen molar-refractivity contribution in [3.63, 3.8) is 0 Å². The van der Waals surface area contributed by atoms with E-state index < -0.39 is 11.9 Å². The number of amides is 1. The summed E-state index contributed by atoms with van der Waals surface area (Å²) in [6, 6.07) is 15.8. The zero-order chi connectivity index (χ0) is 21.1. The molecule has 0 aliphatic rings. The Morgan fingerprint density at radius 1 is 1.10 bits per heavy atom. The number of aryl methyl sites for hydroxylation is 1. The number of carboxylic acids is 1. The molecular formula is C23H23NO4S. The van der Waals surface area contributed by atoms with Crippen molar-refractivity contribution in [2.75, 3.05) is 4.90 Å². The third-order valence-corrected chi connectivity index (χ3v) is 6.02. The molecule has 1 unspecified atom stereocenters. The monoisotopic (exact) mass is 409 g/mol. The third-order valence-electron chi connectivity index (χ3n) is 4.86. The highest BCUT2D eigenvalue weighted by atomic mass is 32.1. The molecule has 29 heavy (non-hydrogen) atoms. The second kappa shape index (κ2) is 8.49. The lowest BCUT2D eigenvalue weighted by atomic mass is 10.1. The number of carbonyl (C=O) groups excluding carboxylic acids is 1. The van der Waals surface area contributed by atoms with Crippen LogP contribution in [0.5, 0.6) is 5.75 Å². The van der Waals surface area contributed by atoms with E-state index in [0.717, 1.165) is 27.3 Å². The molecule has 150 valence electrons. The lowest BCUT2D eigenvalue weighted by molar-refractivity contribution is 0.0703. The maximum atomic E-state index is 13.4. The summed E-state index contributed by atoms with van der Waals surface area (Å²) in [5, 5.41) is 20.1. The topological polar surface area (TPSA) is 77.8 Å². The second-order valence-corrected chi connectivity index (χ2v) is 8.00. The Kier molecular flexibility index (Phi) is 6.03. The number of carboxylic acid groups (broad SMARTS) is 1. The van der Waals surface area contributed by atoms with Crippen LogP contribution in [0.15, 0.2) is 54.6 Å². The fraction of sp³-hybridized carbons (Fsp3) is 0.217. The largest absolute Gasteiger partial charge is 0.507 e. The number of hydrogen-bond donors (Lipinski definition) is 2. The number of phenols is 1. The van der Waals surface area contributed by atoms with Gasteiger partial charge in [-0.1, -0.05) is 43.3 Å². The molecule has 0 saturated heterocycles. The molecule has 2 aromatic carbocycles. The van der Waals surface area contributed by atoms with Crippen molar-refractivity contribution in [3.8, 4) is 16.2 Å². The first-order valence-electron chi connectivity index (χ1n) is 9.39. The molecule has 1 aromatic heterocycles. The molecule has 0 spiro atoms. The van der Waals surface area contributed by atoms with Crippen LogP contribution >= 0.6 is 11.3 Å². The van der Waals surface area contributed by atoms with Gasteiger partial charge in [-0.15, -0.1) is 11.3 Å². The van der Waals surface area contributed by atoms with E-state index >= 15 is 0 Å². The zero-order valence-electron chi connectivity index (χ0n) is 16.5. The normalized spacial score (nSPS) is 11.8. The number of nitrogens with zero attached hydrogens (tertiary/aromatic N) is 1. The Morgan fingerprint density at radius 3 is 2.38 bits per heavy atom. The number of carbonyl (C=O) groups is 2. The summed E-state index contributed by atoms with van der Waals surface area (Å²) in [5.41, 5.74) is 2.23. The number of anilines is 1. The van der Waals surface area contributed by atoms with Gasteiger partial charge < -0.3 is 15.1 Å². The minimum absolute atomic E-state index is 0.101. The Bertz CT molecular complexity index is 1040. The van der Waals surface area contributed by atoms with E-state index in [9.17, 15) is 19.8 Å². The van der Waals surface area contributed by atoms with Gasteiger partial charge in [0.15, 0.2) is 0 Å². The molecule has 0 fully saturated rings. The Morgan fingerprint density at radius 2 is 1.79 bits per heavy atom. The van der Waals surface area contributed by atoms with Crippen LogP contribution in [0.2, 0.25) is 0 Å². The van der Waals surface area contributed by atoms with Crippen LogP contribution in [0.3, 0.4) is 0 Å². The van der Waals surface area contributed by atoms with Crippen molar-refractivity contribution in [3.05, 3.63) is 70.6 Å². The Labute approximate surface area is 173 Å². The van der Waals surface area contributed by atoms with Crippen LogP contribution in [-0.2, 0) is 0 Å². The van der Waals surface area contributed by atoms with Gasteiger partial charge >= 0.3 is 5.97 Å². The Balaban J connectivity index is 2.15. The molecule has 0 aliphatic carbocycles. The fourth-order valence-electron chi connectivity index (χ4n) is 3.14. The minimum Gasteiger partial charge on any atom is -0.507 e. The van der Waals surface area contributed by atoms with Crippen molar-refractivity contribution < 1.29 is 19.8 Å². The van der Waals surface area contributed by atoms with E-state index in [1.165, 1.54) is 11.0 Å². The first-order chi connectivity index (χ1) is 13.8. The smallest absolute Gasteiger partial charge is 0.348 e. The van der Waals surface area contributed by atoms with Crippen molar-refractivity contribution in [1.82, 2.24) is 0 Å². The molecule has 1 atom stereocenters. The highest BCUT2D eigenvalue weighted by Gasteiger charge is 2.30. The van der Waals surface area contributed by atoms with Gasteiger partial charge in [-0.25, -0.2) is 4.79 Å². The van der Waals surface area contributed by atoms with Crippen molar-refractivity contribution in [2.24, 2.45) is 0 Å². The van der Waals surface area contributed by atoms with Gasteiger partial charge in [0.1, 0.15) is 10.6 Å². The van der Waals surface area contributed by atoms with Crippen LogP contribution < -0.4 is 4.90 Å². The first-order valence-corrected chi connectivity index (χ1v) is 10.2. The average molecular weight is 410 g/mol. The number of thiophene rings is 1. The van der Waals surface area contributed by atoms with Crippen molar-refractivity contribution in [1.29, 1.82) is 0 Å². The first kappa shape index (κ1) is 20.6. The molecular weight excluding hydrogens is 386 g/mol. The van der Waals surface area contributed by atoms with E-state index in [0.29, 0.717) is 12.1 Å². The van der Waals surface area contributed by atoms with E-state index in [4.69, 9.17) is 0 Å². The third kappa shape index (κ3) is 4.17. The van der Waals surface area contributed by atoms with E-state index in [1.54, 1.807) is 18.2 Å². The van der Waals surface area contributed by atoms with Gasteiger partial charge in [0.2, 0.25) is 0 Å². The highest BCUT2D eigenvalue weighted by molar-refractivity contribution is 7.18. The number of aromatic hydroxyl groups is 1. The maximum absolute atomic E-state index is 13.4. The highest BCUT2D eigenvalue weighted by Crippen LogP contribution is 2.39. The average Bonchev–Trinajstić information content (AvgIpc) is 3.13. The number of hydrogen-bond acceptors (Lipinski definition) is 4. The number of aromatic carboxylic acids is 1. The molecule has 1 amide bonds. The summed E-state index contributed by atoms with van der Waals surface area (Å²) in [5.74, 6) is -1.61. The summed E-state index contributed by atoms with van der Waals surface area (Å²) < 4.78 is 0. The summed E-state index contributed by atoms with van der Waals surface area (Å²) in [6.07, 6.45) is 0.633. The lowest BCUT2D eigenvalue weighted by Gasteiger charge is -2.29. The Hall–Kier alpha value is -3.12. The number of phenolic OH excluding ortho intramolecular Hbond substituents is 1. The summed E-state index contributed by atoms with van der Waals surface area (Å²) in [6.45, 7) is 5.63. The molecule has 1 heterocycles. The van der Waals surface area contributed by atoms with Gasteiger partial charge in [-0.2, -0.15) is 0 Å². The van der Waals surface area contributed by atoms with Crippen molar-refractivity contribution in [2.45, 2.75) is 33.2 Å². The summed E-state index contributed by atoms with van der Waals surface area (Å²) >= 11 is 1.14. The van der Waals surface area contributed by atoms with Gasteiger partial charge in [0.25, 0.3) is 5.91 Å². The minimum atomic E-state index is -1.08. The van der Waals surface area contributed by atoms with Gasteiger partial charge in [0.05, 0.1) is 11.3 Å². The standard InChI is InChI=1S/C23H23NO4S/c1-4-15(3)24(22(26)17-11-10-14(2)12-19(17)25)18-13-20(29-21(18)23(27)28)16-8-6-5-7-9-16/h5-13,15,25H,4H2,1-3H3,(H,27,28). The molecule has 0 saturated carbocycles. The van der Waals surface area contributed by atoms with Crippen LogP contribution in [0.25, 0.3) is 10.4 Å². The van der Waals surface area contributed by atoms with E-state index in [-0.39, 0.29) is 22.2 Å². The van der Waals surface area contributed by atoms with Crippen LogP contribution in [-0.4, -0.2) is 28.1 Å². The predicted molar refractivity (Wildman–Crippen MR) is 116 cm³/mol. The van der Waals surface area contributed by atoms with Gasteiger partial charge in [-0.3, -0.25) is 4.79 Å². The molecule has 6 heteroatoms. The molecule has 0 bridgehead atoms. The molecule has 3 aromatic rings. The predicted octanol–water partition coefficient (Wildman–Crippen LogP) is 5.57. The molecule has 0 radical (unpaired) electrons.